The van der Waals surface area contributed by atoms with E-state index in [1.807, 2.05) is 13.8 Å². The summed E-state index contributed by atoms with van der Waals surface area (Å²) in [6.07, 6.45) is 0.183. The lowest BCUT2D eigenvalue weighted by molar-refractivity contribution is -0.142. The smallest absolute Gasteiger partial charge is 0.326 e. The molecule has 1 aliphatic heterocycles. The van der Waals surface area contributed by atoms with Gasteiger partial charge in [0.25, 0.3) is 11.8 Å². The average molecular weight is 330 g/mol. The molecule has 0 fully saturated rings. The molecule has 0 radical (unpaired) electrons. The van der Waals surface area contributed by atoms with E-state index in [0.29, 0.717) is 0 Å². The van der Waals surface area contributed by atoms with E-state index in [2.05, 4.69) is 0 Å². The lowest BCUT2D eigenvalue weighted by Gasteiger charge is -2.23. The number of aliphatic carboxylic acids is 1. The van der Waals surface area contributed by atoms with Crippen LogP contribution in [0.1, 0.15) is 41.0 Å². The van der Waals surface area contributed by atoms with Gasteiger partial charge in [-0.3, -0.25) is 14.5 Å². The van der Waals surface area contributed by atoms with Crippen molar-refractivity contribution in [1.29, 1.82) is 0 Å². The van der Waals surface area contributed by atoms with Crippen LogP contribution in [0, 0.1) is 5.92 Å². The molecule has 7 heteroatoms. The van der Waals surface area contributed by atoms with Gasteiger partial charge in [-0.05, 0) is 24.5 Å². The number of carbonyl (C=O) groups is 3. The minimum absolute atomic E-state index is 0.0163. The summed E-state index contributed by atoms with van der Waals surface area (Å²) in [6, 6.07) is 1.40. The molecule has 0 aliphatic carbocycles. The molecule has 1 aromatic rings. The van der Waals surface area contributed by atoms with Crippen molar-refractivity contribution in [3.63, 3.8) is 0 Å². The Kier molecular flexibility index (Phi) is 4.25. The molecular formula is C14H13Cl2NO4. The molecule has 2 rings (SSSR count). The van der Waals surface area contributed by atoms with Crippen LogP contribution in [0.4, 0.5) is 0 Å². The zero-order valence-corrected chi connectivity index (χ0v) is 12.9. The molecule has 0 aromatic heterocycles. The number of carboxylic acids is 1. The highest BCUT2D eigenvalue weighted by molar-refractivity contribution is 6.43. The maximum atomic E-state index is 12.3. The van der Waals surface area contributed by atoms with Crippen LogP contribution in [0.2, 0.25) is 10.0 Å². The van der Waals surface area contributed by atoms with E-state index in [4.69, 9.17) is 23.2 Å². The molecule has 1 heterocycles. The van der Waals surface area contributed by atoms with Gasteiger partial charge in [-0.2, -0.15) is 0 Å². The van der Waals surface area contributed by atoms with Gasteiger partial charge in [0.05, 0.1) is 21.2 Å². The van der Waals surface area contributed by atoms with Crippen LogP contribution in [0.15, 0.2) is 12.1 Å². The van der Waals surface area contributed by atoms with Crippen LogP contribution in [0.3, 0.4) is 0 Å². The molecule has 0 saturated heterocycles. The Hall–Kier alpha value is -1.59. The Bertz CT molecular complexity index is 601. The van der Waals surface area contributed by atoms with Crippen molar-refractivity contribution < 1.29 is 19.5 Å². The molecule has 0 saturated carbocycles. The average Bonchev–Trinajstić information content (AvgIpc) is 2.60. The molecule has 0 spiro atoms. The van der Waals surface area contributed by atoms with E-state index in [1.54, 1.807) is 0 Å². The number of halogens is 2. The zero-order chi connectivity index (χ0) is 15.9. The lowest BCUT2D eigenvalue weighted by Crippen LogP contribution is -2.45. The van der Waals surface area contributed by atoms with Gasteiger partial charge in [-0.1, -0.05) is 37.0 Å². The Balaban J connectivity index is 2.47. The van der Waals surface area contributed by atoms with Crippen molar-refractivity contribution in [2.75, 3.05) is 0 Å². The molecule has 1 aliphatic rings. The number of nitrogens with zero attached hydrogens (tertiary/aromatic N) is 1. The summed E-state index contributed by atoms with van der Waals surface area (Å²) in [4.78, 5) is 36.9. The number of carbonyl (C=O) groups excluding carboxylic acids is 2. The molecule has 1 atom stereocenters. The van der Waals surface area contributed by atoms with Gasteiger partial charge in [-0.15, -0.1) is 0 Å². The molecule has 0 bridgehead atoms. The van der Waals surface area contributed by atoms with E-state index in [0.717, 1.165) is 4.90 Å². The fraction of sp³-hybridized carbons (Fsp3) is 0.357. The summed E-state index contributed by atoms with van der Waals surface area (Å²) >= 11 is 11.7. The molecule has 112 valence electrons. The summed E-state index contributed by atoms with van der Waals surface area (Å²) in [5, 5.41) is 9.60. The first-order chi connectivity index (χ1) is 9.73. The van der Waals surface area contributed by atoms with Crippen LogP contribution in [0.5, 0.6) is 0 Å². The first-order valence-electron chi connectivity index (χ1n) is 6.33. The number of amides is 2. The normalized spacial score (nSPS) is 15.6. The molecule has 21 heavy (non-hydrogen) atoms. The monoisotopic (exact) mass is 329 g/mol. The Morgan fingerprint density at radius 1 is 1.14 bits per heavy atom. The Morgan fingerprint density at radius 3 is 1.90 bits per heavy atom. The highest BCUT2D eigenvalue weighted by Gasteiger charge is 2.43. The third-order valence-electron chi connectivity index (χ3n) is 3.25. The second-order valence-electron chi connectivity index (χ2n) is 5.28. The lowest BCUT2D eigenvalue weighted by atomic mass is 10.0. The van der Waals surface area contributed by atoms with E-state index in [1.165, 1.54) is 12.1 Å². The number of imide groups is 1. The number of benzene rings is 1. The van der Waals surface area contributed by atoms with Crippen molar-refractivity contribution >= 4 is 41.0 Å². The van der Waals surface area contributed by atoms with Crippen molar-refractivity contribution in [2.24, 2.45) is 5.92 Å². The highest BCUT2D eigenvalue weighted by atomic mass is 35.5. The molecule has 0 unspecified atom stereocenters. The SMILES string of the molecule is CC(C)C[C@@H](C(=O)O)N1C(=O)c2cc(Cl)c(Cl)cc2C1=O. The first kappa shape index (κ1) is 15.8. The standard InChI is InChI=1S/C14H13Cl2NO4/c1-6(2)3-11(14(20)21)17-12(18)7-4-9(15)10(16)5-8(7)13(17)19/h4-6,11H,3H2,1-2H3,(H,20,21)/t11-/m0/s1. The largest absolute Gasteiger partial charge is 0.480 e. The van der Waals surface area contributed by atoms with Crippen LogP contribution in [0.25, 0.3) is 0 Å². The van der Waals surface area contributed by atoms with Crippen LogP contribution >= 0.6 is 23.2 Å². The summed E-state index contributed by atoms with van der Waals surface area (Å²) in [7, 11) is 0. The minimum Gasteiger partial charge on any atom is -0.480 e. The van der Waals surface area contributed by atoms with Gasteiger partial charge >= 0.3 is 5.97 Å². The van der Waals surface area contributed by atoms with Crippen molar-refractivity contribution in [3.8, 4) is 0 Å². The third kappa shape index (κ3) is 2.76. The molecule has 1 N–H and O–H groups in total. The van der Waals surface area contributed by atoms with E-state index < -0.39 is 23.8 Å². The van der Waals surface area contributed by atoms with Crippen molar-refractivity contribution in [3.05, 3.63) is 33.3 Å². The molecule has 1 aromatic carbocycles. The van der Waals surface area contributed by atoms with E-state index in [-0.39, 0.29) is 33.5 Å². The fourth-order valence-electron chi connectivity index (χ4n) is 2.30. The maximum absolute atomic E-state index is 12.3. The van der Waals surface area contributed by atoms with Gasteiger partial charge in [0, 0.05) is 0 Å². The minimum atomic E-state index is -1.21. The number of hydrogen-bond acceptors (Lipinski definition) is 3. The fourth-order valence-corrected chi connectivity index (χ4v) is 2.63. The number of fused-ring (bicyclic) bond motifs is 1. The van der Waals surface area contributed by atoms with Crippen molar-refractivity contribution in [2.45, 2.75) is 26.3 Å². The summed E-state index contributed by atoms with van der Waals surface area (Å²) < 4.78 is 0. The van der Waals surface area contributed by atoms with E-state index in [9.17, 15) is 19.5 Å². The highest BCUT2D eigenvalue weighted by Crippen LogP contribution is 2.33. The number of rotatable bonds is 4. The second-order valence-corrected chi connectivity index (χ2v) is 6.09. The van der Waals surface area contributed by atoms with Crippen molar-refractivity contribution in [1.82, 2.24) is 4.90 Å². The van der Waals surface area contributed by atoms with Gasteiger partial charge < -0.3 is 5.11 Å². The second kappa shape index (κ2) is 5.66. The Morgan fingerprint density at radius 2 is 1.57 bits per heavy atom. The first-order valence-corrected chi connectivity index (χ1v) is 7.09. The molecular weight excluding hydrogens is 317 g/mol. The van der Waals surface area contributed by atoms with Gasteiger partial charge in [0.15, 0.2) is 0 Å². The van der Waals surface area contributed by atoms with E-state index >= 15 is 0 Å². The Labute approximate surface area is 131 Å². The predicted molar refractivity (Wildman–Crippen MR) is 77.8 cm³/mol. The van der Waals surface area contributed by atoms with Gasteiger partial charge in [0.1, 0.15) is 6.04 Å². The quantitative estimate of drug-likeness (QED) is 0.861. The summed E-state index contributed by atoms with van der Waals surface area (Å²) in [5.74, 6) is -2.50. The number of carboxylic acid groups (broad SMARTS) is 1. The summed E-state index contributed by atoms with van der Waals surface area (Å²) in [6.45, 7) is 3.64. The third-order valence-corrected chi connectivity index (χ3v) is 3.97. The molecule has 2 amide bonds. The predicted octanol–water partition coefficient (Wildman–Crippen LogP) is 3.09. The molecule has 5 nitrogen and oxygen atoms in total. The zero-order valence-electron chi connectivity index (χ0n) is 11.4. The maximum Gasteiger partial charge on any atom is 0.326 e. The topological polar surface area (TPSA) is 74.7 Å². The summed E-state index contributed by atoms with van der Waals surface area (Å²) in [5.41, 5.74) is 0.175. The van der Waals surface area contributed by atoms with Gasteiger partial charge in [0.2, 0.25) is 0 Å². The van der Waals surface area contributed by atoms with Crippen LogP contribution < -0.4 is 0 Å². The van der Waals surface area contributed by atoms with Crippen LogP contribution in [-0.2, 0) is 4.79 Å². The van der Waals surface area contributed by atoms with Gasteiger partial charge in [-0.25, -0.2) is 4.79 Å². The number of hydrogen-bond donors (Lipinski definition) is 1. The van der Waals surface area contributed by atoms with Crippen LogP contribution in [-0.4, -0.2) is 33.8 Å².